The molecule has 1 aromatic rings. The van der Waals surface area contributed by atoms with E-state index in [1.165, 1.54) is 18.2 Å². The maximum Gasteiger partial charge on any atom is 0.309 e. The molecule has 0 saturated heterocycles. The summed E-state index contributed by atoms with van der Waals surface area (Å²) in [5.74, 6) is 0.0147. The van der Waals surface area contributed by atoms with Gasteiger partial charge in [0.1, 0.15) is 0 Å². The Bertz CT molecular complexity index is 533. The van der Waals surface area contributed by atoms with Gasteiger partial charge in [-0.3, -0.25) is 9.59 Å². The number of nitrogens with zero attached hydrogens (tertiary/aromatic N) is 1. The van der Waals surface area contributed by atoms with Crippen molar-refractivity contribution in [2.75, 3.05) is 18.6 Å². The van der Waals surface area contributed by atoms with Crippen LogP contribution >= 0.6 is 0 Å². The van der Waals surface area contributed by atoms with E-state index in [2.05, 4.69) is 12.1 Å². The predicted molar refractivity (Wildman–Crippen MR) is 71.2 cm³/mol. The molecule has 1 aromatic carbocycles. The van der Waals surface area contributed by atoms with E-state index in [0.29, 0.717) is 12.8 Å². The number of hydrogen-bond donors (Lipinski definition) is 0. The van der Waals surface area contributed by atoms with Gasteiger partial charge in [-0.1, -0.05) is 12.1 Å². The SMILES string of the molecule is COC(=O)Cc1cc2c3c(c1)CCC(=O)N3CCC2. The lowest BCUT2D eigenvalue weighted by Crippen LogP contribution is -2.39. The summed E-state index contributed by atoms with van der Waals surface area (Å²) in [5, 5.41) is 0. The average Bonchev–Trinajstić information content (AvgIpc) is 2.42. The first-order chi connectivity index (χ1) is 9.19. The van der Waals surface area contributed by atoms with Crippen LogP contribution in [0.15, 0.2) is 12.1 Å². The van der Waals surface area contributed by atoms with Gasteiger partial charge in [0, 0.05) is 13.0 Å². The second-order valence-corrected chi connectivity index (χ2v) is 5.16. The minimum absolute atomic E-state index is 0.216. The lowest BCUT2D eigenvalue weighted by atomic mass is 9.89. The van der Waals surface area contributed by atoms with Crippen LogP contribution in [-0.4, -0.2) is 25.5 Å². The smallest absolute Gasteiger partial charge is 0.309 e. The fourth-order valence-corrected chi connectivity index (χ4v) is 3.07. The number of carbonyl (C=O) groups is 2. The normalized spacial score (nSPS) is 17.1. The molecule has 0 bridgehead atoms. The minimum atomic E-state index is -0.216. The van der Waals surface area contributed by atoms with Crippen molar-refractivity contribution in [2.45, 2.75) is 32.1 Å². The number of hydrogen-bond acceptors (Lipinski definition) is 3. The molecule has 0 radical (unpaired) electrons. The van der Waals surface area contributed by atoms with E-state index in [1.54, 1.807) is 0 Å². The van der Waals surface area contributed by atoms with E-state index in [9.17, 15) is 9.59 Å². The summed E-state index contributed by atoms with van der Waals surface area (Å²) in [6.45, 7) is 0.829. The number of anilines is 1. The Morgan fingerprint density at radius 1 is 1.26 bits per heavy atom. The van der Waals surface area contributed by atoms with Gasteiger partial charge in [-0.25, -0.2) is 0 Å². The fourth-order valence-electron chi connectivity index (χ4n) is 3.07. The van der Waals surface area contributed by atoms with Crippen LogP contribution in [0.3, 0.4) is 0 Å². The van der Waals surface area contributed by atoms with E-state index in [4.69, 9.17) is 4.74 Å². The zero-order valence-corrected chi connectivity index (χ0v) is 11.1. The van der Waals surface area contributed by atoms with Gasteiger partial charge < -0.3 is 9.64 Å². The highest BCUT2D eigenvalue weighted by Crippen LogP contribution is 2.36. The molecule has 0 saturated carbocycles. The van der Waals surface area contributed by atoms with Gasteiger partial charge >= 0.3 is 5.97 Å². The molecule has 0 fully saturated rings. The summed E-state index contributed by atoms with van der Waals surface area (Å²) < 4.78 is 4.72. The van der Waals surface area contributed by atoms with Crippen LogP contribution in [0.25, 0.3) is 0 Å². The number of ether oxygens (including phenoxy) is 1. The molecular formula is C15H17NO3. The predicted octanol–water partition coefficient (Wildman–Crippen LogP) is 1.63. The number of methoxy groups -OCH3 is 1. The molecule has 1 amide bonds. The third-order valence-corrected chi connectivity index (χ3v) is 3.91. The minimum Gasteiger partial charge on any atom is -0.469 e. The maximum absolute atomic E-state index is 11.9. The van der Waals surface area contributed by atoms with E-state index in [0.717, 1.165) is 37.1 Å². The highest BCUT2D eigenvalue weighted by Gasteiger charge is 2.29. The Hall–Kier alpha value is -1.84. The molecule has 2 heterocycles. The molecule has 0 N–H and O–H groups in total. The van der Waals surface area contributed by atoms with Gasteiger partial charge in [-0.05, 0) is 36.0 Å². The third kappa shape index (κ3) is 2.11. The number of benzene rings is 1. The summed E-state index contributed by atoms with van der Waals surface area (Å²) in [4.78, 5) is 25.2. The zero-order valence-electron chi connectivity index (χ0n) is 11.1. The van der Waals surface area contributed by atoms with Gasteiger partial charge in [0.05, 0.1) is 19.2 Å². The van der Waals surface area contributed by atoms with Crippen LogP contribution in [0.2, 0.25) is 0 Å². The Balaban J connectivity index is 2.01. The summed E-state index contributed by atoms with van der Waals surface area (Å²) in [5.41, 5.74) is 4.51. The van der Waals surface area contributed by atoms with Gasteiger partial charge in [-0.15, -0.1) is 0 Å². The van der Waals surface area contributed by atoms with Gasteiger partial charge in [0.15, 0.2) is 0 Å². The highest BCUT2D eigenvalue weighted by molar-refractivity contribution is 5.98. The molecule has 4 heteroatoms. The molecule has 4 nitrogen and oxygen atoms in total. The van der Waals surface area contributed by atoms with Crippen molar-refractivity contribution in [3.63, 3.8) is 0 Å². The molecule has 19 heavy (non-hydrogen) atoms. The molecular weight excluding hydrogens is 242 g/mol. The number of esters is 1. The van der Waals surface area contributed by atoms with Crippen molar-refractivity contribution in [1.82, 2.24) is 0 Å². The first kappa shape index (κ1) is 12.2. The summed E-state index contributed by atoms with van der Waals surface area (Å²) in [7, 11) is 1.41. The third-order valence-electron chi connectivity index (χ3n) is 3.91. The number of aryl methyl sites for hydroxylation is 2. The fraction of sp³-hybridized carbons (Fsp3) is 0.467. The zero-order chi connectivity index (χ0) is 13.4. The Morgan fingerprint density at radius 3 is 2.74 bits per heavy atom. The van der Waals surface area contributed by atoms with Crippen LogP contribution in [0.5, 0.6) is 0 Å². The Labute approximate surface area is 112 Å². The van der Waals surface area contributed by atoms with Crippen molar-refractivity contribution >= 4 is 17.6 Å². The average molecular weight is 259 g/mol. The van der Waals surface area contributed by atoms with Crippen LogP contribution in [0.1, 0.15) is 29.5 Å². The quantitative estimate of drug-likeness (QED) is 0.758. The summed E-state index contributed by atoms with van der Waals surface area (Å²) in [6.07, 6.45) is 3.66. The van der Waals surface area contributed by atoms with Crippen molar-refractivity contribution in [3.8, 4) is 0 Å². The largest absolute Gasteiger partial charge is 0.469 e. The summed E-state index contributed by atoms with van der Waals surface area (Å²) >= 11 is 0. The van der Waals surface area contributed by atoms with Crippen LogP contribution < -0.4 is 4.90 Å². The molecule has 0 unspecified atom stereocenters. The molecule has 100 valence electrons. The van der Waals surface area contributed by atoms with E-state index in [-0.39, 0.29) is 11.9 Å². The number of rotatable bonds is 2. The summed E-state index contributed by atoms with van der Waals surface area (Å²) in [6, 6.07) is 4.11. The molecule has 2 aliphatic rings. The van der Waals surface area contributed by atoms with Gasteiger partial charge in [-0.2, -0.15) is 0 Å². The van der Waals surface area contributed by atoms with Crippen molar-refractivity contribution in [2.24, 2.45) is 0 Å². The topological polar surface area (TPSA) is 46.6 Å². The van der Waals surface area contributed by atoms with Crippen LogP contribution in [-0.2, 0) is 33.6 Å². The van der Waals surface area contributed by atoms with E-state index < -0.39 is 0 Å². The van der Waals surface area contributed by atoms with Gasteiger partial charge in [0.2, 0.25) is 5.91 Å². The highest BCUT2D eigenvalue weighted by atomic mass is 16.5. The standard InChI is InChI=1S/C15H17NO3/c1-19-14(18)9-10-7-11-3-2-6-16-13(17)5-4-12(8-10)15(11)16/h7-8H,2-6,9H2,1H3. The monoisotopic (exact) mass is 259 g/mol. The molecule has 0 spiro atoms. The molecule has 0 aromatic heterocycles. The Kier molecular flexibility index (Phi) is 3.01. The molecule has 3 rings (SSSR count). The van der Waals surface area contributed by atoms with Crippen LogP contribution in [0, 0.1) is 0 Å². The van der Waals surface area contributed by atoms with Gasteiger partial charge in [0.25, 0.3) is 0 Å². The van der Waals surface area contributed by atoms with E-state index >= 15 is 0 Å². The lowest BCUT2D eigenvalue weighted by molar-refractivity contribution is -0.139. The maximum atomic E-state index is 11.9. The van der Waals surface area contributed by atoms with Crippen LogP contribution in [0.4, 0.5) is 5.69 Å². The lowest BCUT2D eigenvalue weighted by Gasteiger charge is -2.35. The molecule has 2 aliphatic heterocycles. The number of amides is 1. The first-order valence-electron chi connectivity index (χ1n) is 6.71. The van der Waals surface area contributed by atoms with Crippen molar-refractivity contribution < 1.29 is 14.3 Å². The Morgan fingerprint density at radius 2 is 2.00 bits per heavy atom. The molecule has 0 atom stereocenters. The first-order valence-corrected chi connectivity index (χ1v) is 6.71. The number of carbonyl (C=O) groups excluding carboxylic acids is 2. The van der Waals surface area contributed by atoms with E-state index in [1.807, 2.05) is 4.90 Å². The van der Waals surface area contributed by atoms with Crippen molar-refractivity contribution in [3.05, 3.63) is 28.8 Å². The second-order valence-electron chi connectivity index (χ2n) is 5.16. The molecule has 0 aliphatic carbocycles. The van der Waals surface area contributed by atoms with Crippen molar-refractivity contribution in [1.29, 1.82) is 0 Å². The second kappa shape index (κ2) is 4.68.